The molecule has 15 heavy (non-hydrogen) atoms. The number of hydrogen-bond acceptors (Lipinski definition) is 4. The quantitative estimate of drug-likeness (QED) is 0.427. The van der Waals surface area contributed by atoms with Crippen molar-refractivity contribution in [1.29, 1.82) is 0 Å². The fourth-order valence-corrected chi connectivity index (χ4v) is 1.59. The van der Waals surface area contributed by atoms with Gasteiger partial charge in [-0.3, -0.25) is 9.59 Å². The third kappa shape index (κ3) is 3.17. The summed E-state index contributed by atoms with van der Waals surface area (Å²) >= 11 is 0. The highest BCUT2D eigenvalue weighted by molar-refractivity contribution is 5.82. The first-order valence-corrected chi connectivity index (χ1v) is 4.98. The van der Waals surface area contributed by atoms with Gasteiger partial charge in [-0.2, -0.15) is 0 Å². The lowest BCUT2D eigenvalue weighted by molar-refractivity contribution is -0.128. The first-order valence-electron chi connectivity index (χ1n) is 4.98. The van der Waals surface area contributed by atoms with E-state index in [0.717, 1.165) is 6.54 Å². The molecule has 6 nitrogen and oxygen atoms in total. The molecule has 5 N–H and O–H groups in total. The number of hydrogen-bond donors (Lipinski definition) is 4. The zero-order chi connectivity index (χ0) is 11.4. The van der Waals surface area contributed by atoms with Crippen molar-refractivity contribution in [2.75, 3.05) is 19.6 Å². The van der Waals surface area contributed by atoms with E-state index < -0.39 is 12.0 Å². The van der Waals surface area contributed by atoms with Crippen LogP contribution in [0.15, 0.2) is 0 Å². The van der Waals surface area contributed by atoms with Gasteiger partial charge in [-0.15, -0.1) is 0 Å². The minimum absolute atomic E-state index is 0.0925. The topological polar surface area (TPSA) is 104 Å². The number of amides is 2. The van der Waals surface area contributed by atoms with Crippen LogP contribution in [-0.2, 0) is 9.59 Å². The molecule has 2 amide bonds. The van der Waals surface area contributed by atoms with E-state index in [0.29, 0.717) is 6.54 Å². The minimum Gasteiger partial charge on any atom is -0.381 e. The Morgan fingerprint density at radius 2 is 2.27 bits per heavy atom. The van der Waals surface area contributed by atoms with E-state index >= 15 is 0 Å². The Balaban J connectivity index is 2.32. The zero-order valence-electron chi connectivity index (χ0n) is 8.69. The molecule has 6 heteroatoms. The normalized spacial score (nSPS) is 27.3. The van der Waals surface area contributed by atoms with Crippen molar-refractivity contribution in [1.82, 2.24) is 10.6 Å². The summed E-state index contributed by atoms with van der Waals surface area (Å²) in [4.78, 5) is 22.1. The predicted molar refractivity (Wildman–Crippen MR) is 53.7 cm³/mol. The second kappa shape index (κ2) is 5.09. The van der Waals surface area contributed by atoms with Gasteiger partial charge in [-0.1, -0.05) is 6.92 Å². The van der Waals surface area contributed by atoms with E-state index in [2.05, 4.69) is 10.6 Å². The van der Waals surface area contributed by atoms with E-state index in [-0.39, 0.29) is 24.3 Å². The average Bonchev–Trinajstić information content (AvgIpc) is 2.60. The number of rotatable bonds is 4. The molecule has 1 heterocycles. The summed E-state index contributed by atoms with van der Waals surface area (Å²) in [5, 5.41) is 14.7. The van der Waals surface area contributed by atoms with Gasteiger partial charge in [-0.05, 0) is 12.5 Å². The van der Waals surface area contributed by atoms with Gasteiger partial charge in [0.2, 0.25) is 11.8 Å². The maximum absolute atomic E-state index is 11.6. The fraction of sp³-hybridized carbons (Fsp3) is 0.778. The molecule has 1 rings (SSSR count). The maximum atomic E-state index is 11.6. The first kappa shape index (κ1) is 11.9. The van der Waals surface area contributed by atoms with Gasteiger partial charge in [0.05, 0.1) is 12.5 Å². The van der Waals surface area contributed by atoms with E-state index in [4.69, 9.17) is 10.8 Å². The fourth-order valence-electron chi connectivity index (χ4n) is 1.59. The van der Waals surface area contributed by atoms with Crippen LogP contribution in [0.1, 0.15) is 6.92 Å². The SMILES string of the molecule is C[C@@H]1CNC[C@H]1C(=O)NCC(O)C(N)=O. The van der Waals surface area contributed by atoms with Crippen LogP contribution in [0.4, 0.5) is 0 Å². The standard InChI is InChI=1S/C9H17N3O3/c1-5-2-11-3-6(5)9(15)12-4-7(13)8(10)14/h5-7,11,13H,2-4H2,1H3,(H2,10,14)(H,12,15)/t5-,6-,7?/m1/s1. The van der Waals surface area contributed by atoms with Crippen molar-refractivity contribution < 1.29 is 14.7 Å². The van der Waals surface area contributed by atoms with Crippen LogP contribution >= 0.6 is 0 Å². The van der Waals surface area contributed by atoms with Crippen LogP contribution in [0.5, 0.6) is 0 Å². The van der Waals surface area contributed by atoms with Crippen molar-refractivity contribution >= 4 is 11.8 Å². The summed E-state index contributed by atoms with van der Waals surface area (Å²) in [5.74, 6) is -0.790. The molecule has 0 aromatic carbocycles. The van der Waals surface area contributed by atoms with Gasteiger partial charge < -0.3 is 21.5 Å². The molecule has 1 aliphatic heterocycles. The van der Waals surface area contributed by atoms with E-state index in [1.807, 2.05) is 6.92 Å². The van der Waals surface area contributed by atoms with Crippen molar-refractivity contribution in [3.05, 3.63) is 0 Å². The largest absolute Gasteiger partial charge is 0.381 e. The molecule has 0 radical (unpaired) electrons. The van der Waals surface area contributed by atoms with Gasteiger partial charge in [0.1, 0.15) is 6.10 Å². The predicted octanol–water partition coefficient (Wildman–Crippen LogP) is -2.20. The minimum atomic E-state index is -1.31. The van der Waals surface area contributed by atoms with Crippen molar-refractivity contribution in [2.45, 2.75) is 13.0 Å². The lowest BCUT2D eigenvalue weighted by Crippen LogP contribution is -2.43. The highest BCUT2D eigenvalue weighted by atomic mass is 16.3. The number of nitrogens with two attached hydrogens (primary N) is 1. The summed E-state index contributed by atoms with van der Waals surface area (Å²) in [7, 11) is 0. The Kier molecular flexibility index (Phi) is 4.05. The molecule has 0 spiro atoms. The molecule has 0 bridgehead atoms. The zero-order valence-corrected chi connectivity index (χ0v) is 8.69. The number of nitrogens with one attached hydrogen (secondary N) is 2. The van der Waals surface area contributed by atoms with Crippen LogP contribution in [0.3, 0.4) is 0 Å². The molecule has 1 fully saturated rings. The van der Waals surface area contributed by atoms with Gasteiger partial charge in [0, 0.05) is 6.54 Å². The number of carbonyl (C=O) groups excluding carboxylic acids is 2. The number of aliphatic hydroxyl groups is 1. The van der Waals surface area contributed by atoms with E-state index in [1.165, 1.54) is 0 Å². The van der Waals surface area contributed by atoms with Crippen LogP contribution in [-0.4, -0.2) is 42.7 Å². The Morgan fingerprint density at radius 1 is 1.60 bits per heavy atom. The van der Waals surface area contributed by atoms with Crippen LogP contribution < -0.4 is 16.4 Å². The monoisotopic (exact) mass is 215 g/mol. The molecule has 0 saturated carbocycles. The molecule has 0 aromatic heterocycles. The smallest absolute Gasteiger partial charge is 0.248 e. The lowest BCUT2D eigenvalue weighted by Gasteiger charge is -2.15. The Morgan fingerprint density at radius 3 is 2.73 bits per heavy atom. The van der Waals surface area contributed by atoms with Crippen molar-refractivity contribution in [3.63, 3.8) is 0 Å². The second-order valence-corrected chi connectivity index (χ2v) is 3.91. The van der Waals surface area contributed by atoms with Gasteiger partial charge in [0.15, 0.2) is 0 Å². The highest BCUT2D eigenvalue weighted by Gasteiger charge is 2.29. The molecular weight excluding hydrogens is 198 g/mol. The number of aliphatic hydroxyl groups excluding tert-OH is 1. The molecule has 1 aliphatic rings. The van der Waals surface area contributed by atoms with E-state index in [1.54, 1.807) is 0 Å². The Bertz CT molecular complexity index is 257. The molecule has 0 aromatic rings. The molecule has 3 atom stereocenters. The van der Waals surface area contributed by atoms with Gasteiger partial charge in [0.25, 0.3) is 0 Å². The molecule has 1 unspecified atom stereocenters. The summed E-state index contributed by atoms with van der Waals surface area (Å²) in [5.41, 5.74) is 4.85. The average molecular weight is 215 g/mol. The molecule has 0 aliphatic carbocycles. The first-order chi connectivity index (χ1) is 7.02. The molecule has 1 saturated heterocycles. The van der Waals surface area contributed by atoms with Crippen molar-refractivity contribution in [2.24, 2.45) is 17.6 Å². The second-order valence-electron chi connectivity index (χ2n) is 3.91. The Hall–Kier alpha value is -1.14. The van der Waals surface area contributed by atoms with Crippen LogP contribution in [0.25, 0.3) is 0 Å². The summed E-state index contributed by atoms with van der Waals surface area (Å²) in [6.45, 7) is 3.32. The Labute approximate surface area is 88.2 Å². The third-order valence-electron chi connectivity index (χ3n) is 2.65. The number of primary amides is 1. The summed E-state index contributed by atoms with van der Waals surface area (Å²) in [6, 6.07) is 0. The van der Waals surface area contributed by atoms with Crippen LogP contribution in [0.2, 0.25) is 0 Å². The van der Waals surface area contributed by atoms with Gasteiger partial charge >= 0.3 is 0 Å². The lowest BCUT2D eigenvalue weighted by atomic mass is 9.97. The van der Waals surface area contributed by atoms with Gasteiger partial charge in [-0.25, -0.2) is 0 Å². The summed E-state index contributed by atoms with van der Waals surface area (Å²) in [6.07, 6.45) is -1.31. The highest BCUT2D eigenvalue weighted by Crippen LogP contribution is 2.15. The molecule has 86 valence electrons. The number of carbonyl (C=O) groups is 2. The van der Waals surface area contributed by atoms with Crippen molar-refractivity contribution in [3.8, 4) is 0 Å². The van der Waals surface area contributed by atoms with E-state index in [9.17, 15) is 9.59 Å². The van der Waals surface area contributed by atoms with Crippen LogP contribution in [0, 0.1) is 11.8 Å². The third-order valence-corrected chi connectivity index (χ3v) is 2.65. The molecular formula is C9H17N3O3. The summed E-state index contributed by atoms with van der Waals surface area (Å²) < 4.78 is 0. The maximum Gasteiger partial charge on any atom is 0.248 e.